The van der Waals surface area contributed by atoms with E-state index in [4.69, 9.17) is 23.2 Å². The topological polar surface area (TPSA) is 65.5 Å². The van der Waals surface area contributed by atoms with Gasteiger partial charge in [0.1, 0.15) is 5.15 Å². The number of carbonyl (C=O) groups is 2. The molecule has 2 aliphatic heterocycles. The van der Waals surface area contributed by atoms with Crippen molar-refractivity contribution in [2.24, 2.45) is 0 Å². The molecule has 0 bridgehead atoms. The number of nitrogens with one attached hydrogen (secondary N) is 1. The number of nitrogens with zero attached hydrogens (tertiary/aromatic N) is 3. The largest absolute Gasteiger partial charge is 0.343 e. The van der Waals surface area contributed by atoms with Crippen LogP contribution in [0, 0.1) is 0 Å². The van der Waals surface area contributed by atoms with Crippen LogP contribution in [0.15, 0.2) is 42.6 Å². The Morgan fingerprint density at radius 2 is 1.81 bits per heavy atom. The first kappa shape index (κ1) is 22.1. The van der Waals surface area contributed by atoms with E-state index >= 15 is 0 Å². The quantitative estimate of drug-likeness (QED) is 0.692. The molecule has 4 rings (SSSR count). The average molecular weight is 461 g/mol. The molecule has 2 amide bonds. The van der Waals surface area contributed by atoms with Crippen LogP contribution in [0.2, 0.25) is 10.2 Å². The number of hydrogen-bond acceptors (Lipinski definition) is 4. The van der Waals surface area contributed by atoms with Crippen molar-refractivity contribution in [2.45, 2.75) is 31.2 Å². The molecule has 2 fully saturated rings. The Morgan fingerprint density at radius 1 is 1.06 bits per heavy atom. The second kappa shape index (κ2) is 9.98. The highest BCUT2D eigenvalue weighted by Gasteiger charge is 2.32. The average Bonchev–Trinajstić information content (AvgIpc) is 3.30. The molecule has 8 heteroatoms. The SMILES string of the molecule is O=C(NCC(=O)N1CCC(N2CCC(c3ccccc3)CC2)C1)c1cnc(Cl)c(Cl)c1. The van der Waals surface area contributed by atoms with Crippen molar-refractivity contribution in [2.75, 3.05) is 32.7 Å². The highest BCUT2D eigenvalue weighted by molar-refractivity contribution is 6.41. The first-order valence-electron chi connectivity index (χ1n) is 10.7. The number of carbonyl (C=O) groups excluding carboxylic acids is 2. The maximum absolute atomic E-state index is 12.6. The van der Waals surface area contributed by atoms with Crippen LogP contribution in [-0.4, -0.2) is 65.4 Å². The Balaban J connectivity index is 1.23. The van der Waals surface area contributed by atoms with Crippen molar-refractivity contribution < 1.29 is 9.59 Å². The Bertz CT molecular complexity index is 932. The summed E-state index contributed by atoms with van der Waals surface area (Å²) in [6, 6.07) is 12.6. The molecule has 0 aliphatic carbocycles. The molecule has 2 aliphatic rings. The molecule has 164 valence electrons. The predicted octanol–water partition coefficient (Wildman–Crippen LogP) is 3.60. The van der Waals surface area contributed by atoms with E-state index in [1.165, 1.54) is 17.8 Å². The maximum Gasteiger partial charge on any atom is 0.253 e. The van der Waals surface area contributed by atoms with Crippen LogP contribution in [0.4, 0.5) is 0 Å². The summed E-state index contributed by atoms with van der Waals surface area (Å²) < 4.78 is 0. The number of piperidine rings is 1. The molecule has 1 unspecified atom stereocenters. The van der Waals surface area contributed by atoms with Crippen molar-refractivity contribution in [3.05, 3.63) is 63.9 Å². The van der Waals surface area contributed by atoms with E-state index in [2.05, 4.69) is 45.5 Å². The fourth-order valence-electron chi connectivity index (χ4n) is 4.50. The second-order valence-corrected chi connectivity index (χ2v) is 8.95. The van der Waals surface area contributed by atoms with Gasteiger partial charge in [-0.15, -0.1) is 0 Å². The van der Waals surface area contributed by atoms with Gasteiger partial charge in [0.2, 0.25) is 5.91 Å². The van der Waals surface area contributed by atoms with Gasteiger partial charge in [-0.25, -0.2) is 4.98 Å². The fraction of sp³-hybridized carbons (Fsp3) is 0.435. The van der Waals surface area contributed by atoms with Gasteiger partial charge in [-0.3, -0.25) is 14.5 Å². The van der Waals surface area contributed by atoms with Gasteiger partial charge < -0.3 is 10.2 Å². The van der Waals surface area contributed by atoms with Crippen LogP contribution < -0.4 is 5.32 Å². The monoisotopic (exact) mass is 460 g/mol. The Hall–Kier alpha value is -2.15. The summed E-state index contributed by atoms with van der Waals surface area (Å²) in [6.45, 7) is 3.54. The van der Waals surface area contributed by atoms with E-state index in [1.807, 2.05) is 4.90 Å². The molecule has 1 aromatic carbocycles. The van der Waals surface area contributed by atoms with Crippen molar-refractivity contribution in [1.29, 1.82) is 0 Å². The molecular formula is C23H26Cl2N4O2. The summed E-state index contributed by atoms with van der Waals surface area (Å²) in [4.78, 5) is 33.1. The van der Waals surface area contributed by atoms with Gasteiger partial charge in [-0.2, -0.15) is 0 Å². The van der Waals surface area contributed by atoms with Gasteiger partial charge in [0, 0.05) is 25.3 Å². The van der Waals surface area contributed by atoms with Crippen LogP contribution in [0.5, 0.6) is 0 Å². The molecule has 0 saturated carbocycles. The number of rotatable bonds is 5. The number of benzene rings is 1. The van der Waals surface area contributed by atoms with Gasteiger partial charge in [0.15, 0.2) is 0 Å². The van der Waals surface area contributed by atoms with Gasteiger partial charge >= 0.3 is 0 Å². The first-order valence-corrected chi connectivity index (χ1v) is 11.4. The zero-order valence-electron chi connectivity index (χ0n) is 17.3. The summed E-state index contributed by atoms with van der Waals surface area (Å²) in [6.07, 6.45) is 4.63. The molecule has 1 N–H and O–H groups in total. The van der Waals surface area contributed by atoms with Crippen molar-refractivity contribution in [3.63, 3.8) is 0 Å². The summed E-state index contributed by atoms with van der Waals surface area (Å²) in [5, 5.41) is 3.01. The summed E-state index contributed by atoms with van der Waals surface area (Å²) in [5.74, 6) is 0.170. The third-order valence-corrected chi connectivity index (χ3v) is 6.98. The molecule has 2 saturated heterocycles. The van der Waals surface area contributed by atoms with E-state index in [1.54, 1.807) is 0 Å². The molecule has 3 heterocycles. The molecule has 31 heavy (non-hydrogen) atoms. The fourth-order valence-corrected chi connectivity index (χ4v) is 4.77. The highest BCUT2D eigenvalue weighted by atomic mass is 35.5. The van der Waals surface area contributed by atoms with Crippen LogP contribution in [0.3, 0.4) is 0 Å². The standard InChI is InChI=1S/C23H26Cl2N4O2/c24-20-12-18(13-26-22(20)25)23(31)27-14-21(30)29-11-8-19(15-29)28-9-6-17(7-10-28)16-4-2-1-3-5-16/h1-5,12-13,17,19H,6-11,14-15H2,(H,27,31). The Morgan fingerprint density at radius 3 is 2.52 bits per heavy atom. The highest BCUT2D eigenvalue weighted by Crippen LogP contribution is 2.30. The lowest BCUT2D eigenvalue weighted by molar-refractivity contribution is -0.129. The van der Waals surface area contributed by atoms with Crippen LogP contribution in [0.1, 0.15) is 41.1 Å². The Labute approximate surface area is 192 Å². The predicted molar refractivity (Wildman–Crippen MR) is 122 cm³/mol. The van der Waals surface area contributed by atoms with Gasteiger partial charge in [0.25, 0.3) is 5.91 Å². The molecule has 1 atom stereocenters. The van der Waals surface area contributed by atoms with Gasteiger partial charge in [0.05, 0.1) is 17.1 Å². The van der Waals surface area contributed by atoms with Crippen LogP contribution >= 0.6 is 23.2 Å². The second-order valence-electron chi connectivity index (χ2n) is 8.18. The summed E-state index contributed by atoms with van der Waals surface area (Å²) in [7, 11) is 0. The molecule has 1 aromatic heterocycles. The number of halogens is 2. The van der Waals surface area contributed by atoms with E-state index < -0.39 is 5.91 Å². The number of pyridine rings is 1. The smallest absolute Gasteiger partial charge is 0.253 e. The van der Waals surface area contributed by atoms with Crippen molar-refractivity contribution >= 4 is 35.0 Å². The summed E-state index contributed by atoms with van der Waals surface area (Å²) >= 11 is 11.7. The zero-order valence-corrected chi connectivity index (χ0v) is 18.8. The first-order chi connectivity index (χ1) is 15.0. The van der Waals surface area contributed by atoms with E-state index in [-0.39, 0.29) is 28.2 Å². The number of likely N-dealkylation sites (tertiary alicyclic amines) is 2. The maximum atomic E-state index is 12.6. The number of hydrogen-bond donors (Lipinski definition) is 1. The third kappa shape index (κ3) is 5.37. The van der Waals surface area contributed by atoms with E-state index in [0.717, 1.165) is 45.4 Å². The number of aromatic nitrogens is 1. The van der Waals surface area contributed by atoms with Crippen molar-refractivity contribution in [3.8, 4) is 0 Å². The minimum atomic E-state index is -0.391. The lowest BCUT2D eigenvalue weighted by atomic mass is 9.89. The van der Waals surface area contributed by atoms with Crippen LogP contribution in [0.25, 0.3) is 0 Å². The van der Waals surface area contributed by atoms with Crippen molar-refractivity contribution in [1.82, 2.24) is 20.1 Å². The lowest BCUT2D eigenvalue weighted by Crippen LogP contribution is -2.44. The molecule has 6 nitrogen and oxygen atoms in total. The normalized spacial score (nSPS) is 20.1. The Kier molecular flexibility index (Phi) is 7.10. The number of amides is 2. The third-order valence-electron chi connectivity index (χ3n) is 6.29. The van der Waals surface area contributed by atoms with Gasteiger partial charge in [-0.1, -0.05) is 53.5 Å². The molecular weight excluding hydrogens is 435 g/mol. The molecule has 0 spiro atoms. The minimum Gasteiger partial charge on any atom is -0.343 e. The van der Waals surface area contributed by atoms with Crippen LogP contribution in [-0.2, 0) is 4.79 Å². The van der Waals surface area contributed by atoms with Gasteiger partial charge in [-0.05, 0) is 49.9 Å². The minimum absolute atomic E-state index is 0.0398. The van der Waals surface area contributed by atoms with E-state index in [9.17, 15) is 9.59 Å². The lowest BCUT2D eigenvalue weighted by Gasteiger charge is -2.36. The zero-order chi connectivity index (χ0) is 21.8. The molecule has 2 aromatic rings. The van der Waals surface area contributed by atoms with E-state index in [0.29, 0.717) is 12.0 Å². The summed E-state index contributed by atoms with van der Waals surface area (Å²) in [5.41, 5.74) is 1.71. The molecule has 0 radical (unpaired) electrons.